The van der Waals surface area contributed by atoms with Crippen LogP contribution in [0.25, 0.3) is 10.1 Å². The maximum atomic E-state index is 3.53. The molecule has 0 spiro atoms. The van der Waals surface area contributed by atoms with Crippen molar-refractivity contribution in [2.75, 3.05) is 6.54 Å². The second kappa shape index (κ2) is 4.43. The fraction of sp³-hybridized carbons (Fsp3) is 0.467. The van der Waals surface area contributed by atoms with Gasteiger partial charge in [0.15, 0.2) is 0 Å². The van der Waals surface area contributed by atoms with Crippen molar-refractivity contribution < 1.29 is 0 Å². The van der Waals surface area contributed by atoms with E-state index in [1.807, 2.05) is 11.3 Å². The first kappa shape index (κ1) is 11.2. The van der Waals surface area contributed by atoms with Crippen LogP contribution in [0.5, 0.6) is 0 Å². The Kier molecular flexibility index (Phi) is 2.93. The maximum absolute atomic E-state index is 3.53. The highest BCUT2D eigenvalue weighted by Gasteiger charge is 2.20. The van der Waals surface area contributed by atoms with Crippen molar-refractivity contribution in [1.82, 2.24) is 5.32 Å². The molecule has 3 rings (SSSR count). The van der Waals surface area contributed by atoms with Gasteiger partial charge in [0.05, 0.1) is 0 Å². The molecule has 1 aromatic carbocycles. The fourth-order valence-corrected chi connectivity index (χ4v) is 3.79. The molecule has 0 amide bonds. The number of fused-ring (bicyclic) bond motifs is 1. The average molecular weight is 245 g/mol. The fourth-order valence-electron chi connectivity index (χ4n) is 2.86. The van der Waals surface area contributed by atoms with Gasteiger partial charge in [-0.3, -0.25) is 0 Å². The molecule has 1 saturated heterocycles. The monoisotopic (exact) mass is 245 g/mol. The SMILES string of the molecule is Cc1csc2ccc([C@H]3CCN[C@@H](C)C3)cc12. The minimum atomic E-state index is 0.660. The zero-order chi connectivity index (χ0) is 11.8. The lowest BCUT2D eigenvalue weighted by atomic mass is 9.86. The number of aryl methyl sites for hydroxylation is 1. The number of hydrogen-bond donors (Lipinski definition) is 1. The minimum absolute atomic E-state index is 0.660. The van der Waals surface area contributed by atoms with Crippen LogP contribution in [0.4, 0.5) is 0 Å². The van der Waals surface area contributed by atoms with Crippen molar-refractivity contribution in [3.05, 3.63) is 34.7 Å². The quantitative estimate of drug-likeness (QED) is 0.798. The number of piperidine rings is 1. The van der Waals surface area contributed by atoms with E-state index in [1.54, 1.807) is 0 Å². The Bertz CT molecular complexity index is 529. The Morgan fingerprint density at radius 3 is 3.06 bits per heavy atom. The molecule has 90 valence electrons. The molecule has 17 heavy (non-hydrogen) atoms. The molecule has 2 aromatic rings. The molecule has 2 heteroatoms. The highest BCUT2D eigenvalue weighted by atomic mass is 32.1. The summed E-state index contributed by atoms with van der Waals surface area (Å²) < 4.78 is 1.42. The molecule has 1 aliphatic rings. The van der Waals surface area contributed by atoms with E-state index in [2.05, 4.69) is 42.7 Å². The van der Waals surface area contributed by atoms with Crippen LogP contribution < -0.4 is 5.32 Å². The van der Waals surface area contributed by atoms with Crippen molar-refractivity contribution in [2.24, 2.45) is 0 Å². The molecule has 1 nitrogen and oxygen atoms in total. The summed E-state index contributed by atoms with van der Waals surface area (Å²) in [5.74, 6) is 0.745. The summed E-state index contributed by atoms with van der Waals surface area (Å²) in [5.41, 5.74) is 2.96. The van der Waals surface area contributed by atoms with Gasteiger partial charge in [0.1, 0.15) is 0 Å². The third-order valence-corrected chi connectivity index (χ3v) is 4.97. The van der Waals surface area contributed by atoms with E-state index in [0.29, 0.717) is 6.04 Å². The van der Waals surface area contributed by atoms with Crippen molar-refractivity contribution in [2.45, 2.75) is 38.6 Å². The second-order valence-electron chi connectivity index (χ2n) is 5.25. The summed E-state index contributed by atoms with van der Waals surface area (Å²) in [6, 6.07) is 7.72. The van der Waals surface area contributed by atoms with Crippen LogP contribution in [0.1, 0.15) is 36.8 Å². The lowest BCUT2D eigenvalue weighted by Crippen LogP contribution is -2.34. The molecule has 0 unspecified atom stereocenters. The third-order valence-electron chi connectivity index (χ3n) is 3.89. The molecule has 0 saturated carbocycles. The Morgan fingerprint density at radius 2 is 2.24 bits per heavy atom. The average Bonchev–Trinajstić information content (AvgIpc) is 2.71. The van der Waals surface area contributed by atoms with E-state index >= 15 is 0 Å². The highest BCUT2D eigenvalue weighted by molar-refractivity contribution is 7.17. The molecule has 1 aliphatic heterocycles. The van der Waals surface area contributed by atoms with E-state index < -0.39 is 0 Å². The number of thiophene rings is 1. The van der Waals surface area contributed by atoms with E-state index in [-0.39, 0.29) is 0 Å². The molecule has 0 radical (unpaired) electrons. The predicted octanol–water partition coefficient (Wildman–Crippen LogP) is 4.07. The van der Waals surface area contributed by atoms with Gasteiger partial charge in [0, 0.05) is 10.7 Å². The predicted molar refractivity (Wildman–Crippen MR) is 76.0 cm³/mol. The van der Waals surface area contributed by atoms with Crippen molar-refractivity contribution in [1.29, 1.82) is 0 Å². The molecule has 0 bridgehead atoms. The largest absolute Gasteiger partial charge is 0.314 e. The third kappa shape index (κ3) is 2.12. The van der Waals surface area contributed by atoms with E-state index in [1.165, 1.54) is 34.1 Å². The first-order chi connectivity index (χ1) is 8.24. The summed E-state index contributed by atoms with van der Waals surface area (Å²) in [4.78, 5) is 0. The van der Waals surface area contributed by atoms with E-state index in [4.69, 9.17) is 0 Å². The van der Waals surface area contributed by atoms with Crippen molar-refractivity contribution >= 4 is 21.4 Å². The molecule has 2 atom stereocenters. The number of benzene rings is 1. The standard InChI is InChI=1S/C15H19NS/c1-10-9-17-15-4-3-12(8-14(10)15)13-5-6-16-11(2)7-13/h3-4,8-9,11,13,16H,5-7H2,1-2H3/t11-,13-/m0/s1. The van der Waals surface area contributed by atoms with Gasteiger partial charge in [-0.2, -0.15) is 0 Å². The molecule has 2 heterocycles. The van der Waals surface area contributed by atoms with Crippen LogP contribution in [0.2, 0.25) is 0 Å². The Labute approximate surface area is 107 Å². The van der Waals surface area contributed by atoms with Crippen LogP contribution >= 0.6 is 11.3 Å². The van der Waals surface area contributed by atoms with Crippen molar-refractivity contribution in [3.63, 3.8) is 0 Å². The summed E-state index contributed by atoms with van der Waals surface area (Å²) in [7, 11) is 0. The molecule has 1 aromatic heterocycles. The molecule has 0 aliphatic carbocycles. The number of nitrogens with one attached hydrogen (secondary N) is 1. The first-order valence-corrected chi connectivity index (χ1v) is 7.33. The van der Waals surface area contributed by atoms with Gasteiger partial charge >= 0.3 is 0 Å². The van der Waals surface area contributed by atoms with Crippen LogP contribution in [0.3, 0.4) is 0 Å². The van der Waals surface area contributed by atoms with Gasteiger partial charge in [-0.05, 0) is 73.2 Å². The van der Waals surface area contributed by atoms with Gasteiger partial charge in [0.25, 0.3) is 0 Å². The zero-order valence-electron chi connectivity index (χ0n) is 10.5. The van der Waals surface area contributed by atoms with Crippen LogP contribution in [0, 0.1) is 6.92 Å². The van der Waals surface area contributed by atoms with E-state index in [9.17, 15) is 0 Å². The van der Waals surface area contributed by atoms with Gasteiger partial charge in [-0.1, -0.05) is 6.07 Å². The van der Waals surface area contributed by atoms with Gasteiger partial charge in [-0.15, -0.1) is 11.3 Å². The molecular weight excluding hydrogens is 226 g/mol. The molecule has 1 fully saturated rings. The summed E-state index contributed by atoms with van der Waals surface area (Å²) in [5, 5.41) is 7.25. The van der Waals surface area contributed by atoms with Crippen LogP contribution in [0.15, 0.2) is 23.6 Å². The Morgan fingerprint density at radius 1 is 1.35 bits per heavy atom. The lowest BCUT2D eigenvalue weighted by Gasteiger charge is -2.28. The van der Waals surface area contributed by atoms with Crippen molar-refractivity contribution in [3.8, 4) is 0 Å². The second-order valence-corrected chi connectivity index (χ2v) is 6.16. The maximum Gasteiger partial charge on any atom is 0.0345 e. The molecule has 1 N–H and O–H groups in total. The first-order valence-electron chi connectivity index (χ1n) is 6.45. The van der Waals surface area contributed by atoms with E-state index in [0.717, 1.165) is 12.5 Å². The van der Waals surface area contributed by atoms with Gasteiger partial charge < -0.3 is 5.32 Å². The van der Waals surface area contributed by atoms with Gasteiger partial charge in [0.2, 0.25) is 0 Å². The summed E-state index contributed by atoms with van der Waals surface area (Å²) in [6.07, 6.45) is 2.55. The number of rotatable bonds is 1. The summed E-state index contributed by atoms with van der Waals surface area (Å²) >= 11 is 1.86. The number of hydrogen-bond acceptors (Lipinski definition) is 2. The topological polar surface area (TPSA) is 12.0 Å². The normalized spacial score (nSPS) is 25.3. The Balaban J connectivity index is 1.96. The highest BCUT2D eigenvalue weighted by Crippen LogP contribution is 2.32. The minimum Gasteiger partial charge on any atom is -0.314 e. The van der Waals surface area contributed by atoms with Gasteiger partial charge in [-0.25, -0.2) is 0 Å². The zero-order valence-corrected chi connectivity index (χ0v) is 11.3. The van der Waals surface area contributed by atoms with Crippen LogP contribution in [-0.2, 0) is 0 Å². The summed E-state index contributed by atoms with van der Waals surface area (Å²) in [6.45, 7) is 5.67. The van der Waals surface area contributed by atoms with Crippen LogP contribution in [-0.4, -0.2) is 12.6 Å². The Hall–Kier alpha value is -0.860. The lowest BCUT2D eigenvalue weighted by molar-refractivity contribution is 0.381. The smallest absolute Gasteiger partial charge is 0.0345 e. The molecular formula is C15H19NS.